The second kappa shape index (κ2) is 5.84. The SMILES string of the molecule is Brc1ccc([C@]2(CC3CCCC3)c3ccccc3-c3nccn32)cc1. The van der Waals surface area contributed by atoms with Gasteiger partial charge in [-0.25, -0.2) is 4.98 Å². The summed E-state index contributed by atoms with van der Waals surface area (Å²) in [6.45, 7) is 0. The lowest BCUT2D eigenvalue weighted by Crippen LogP contribution is -2.35. The van der Waals surface area contributed by atoms with E-state index in [-0.39, 0.29) is 5.54 Å². The fourth-order valence-electron chi connectivity index (χ4n) is 4.96. The molecule has 0 spiro atoms. The molecule has 3 heteroatoms. The Morgan fingerprint density at radius 3 is 2.60 bits per heavy atom. The fourth-order valence-corrected chi connectivity index (χ4v) is 5.22. The summed E-state index contributed by atoms with van der Waals surface area (Å²) in [5, 5.41) is 0. The molecule has 25 heavy (non-hydrogen) atoms. The first-order chi connectivity index (χ1) is 12.3. The van der Waals surface area contributed by atoms with Crippen LogP contribution < -0.4 is 0 Å². The Morgan fingerprint density at radius 2 is 1.80 bits per heavy atom. The summed E-state index contributed by atoms with van der Waals surface area (Å²) >= 11 is 3.60. The molecule has 2 heterocycles. The van der Waals surface area contributed by atoms with Crippen LogP contribution in [-0.4, -0.2) is 9.55 Å². The number of halogens is 1. The van der Waals surface area contributed by atoms with Crippen LogP contribution in [0.25, 0.3) is 11.4 Å². The van der Waals surface area contributed by atoms with E-state index in [1.54, 1.807) is 0 Å². The Kier molecular flexibility index (Phi) is 3.60. The minimum Gasteiger partial charge on any atom is -0.317 e. The third kappa shape index (κ3) is 2.25. The number of benzene rings is 2. The summed E-state index contributed by atoms with van der Waals surface area (Å²) in [5.41, 5.74) is 3.94. The van der Waals surface area contributed by atoms with Crippen LogP contribution in [0.2, 0.25) is 0 Å². The second-order valence-corrected chi connectivity index (χ2v) is 8.30. The third-order valence-electron chi connectivity index (χ3n) is 6.05. The van der Waals surface area contributed by atoms with Gasteiger partial charge >= 0.3 is 0 Å². The van der Waals surface area contributed by atoms with Gasteiger partial charge in [0.15, 0.2) is 0 Å². The highest BCUT2D eigenvalue weighted by molar-refractivity contribution is 9.10. The molecule has 2 nitrogen and oxygen atoms in total. The Hall–Kier alpha value is -1.87. The van der Waals surface area contributed by atoms with E-state index in [0.717, 1.165) is 22.6 Å². The number of fused-ring (bicyclic) bond motifs is 3. The smallest absolute Gasteiger partial charge is 0.141 e. The molecular weight excluding hydrogens is 372 g/mol. The third-order valence-corrected chi connectivity index (χ3v) is 6.57. The zero-order valence-electron chi connectivity index (χ0n) is 14.2. The Bertz CT molecular complexity index is 906. The Labute approximate surface area is 157 Å². The number of rotatable bonds is 3. The molecule has 0 bridgehead atoms. The van der Waals surface area contributed by atoms with Gasteiger partial charge in [0.2, 0.25) is 0 Å². The van der Waals surface area contributed by atoms with Crippen molar-refractivity contribution in [1.82, 2.24) is 9.55 Å². The van der Waals surface area contributed by atoms with E-state index in [9.17, 15) is 0 Å². The van der Waals surface area contributed by atoms with Crippen molar-refractivity contribution < 1.29 is 0 Å². The first-order valence-electron chi connectivity index (χ1n) is 9.19. The van der Waals surface area contributed by atoms with Crippen molar-refractivity contribution in [2.24, 2.45) is 5.92 Å². The van der Waals surface area contributed by atoms with E-state index >= 15 is 0 Å². The van der Waals surface area contributed by atoms with Gasteiger partial charge in [0.1, 0.15) is 5.82 Å². The number of hydrogen-bond donors (Lipinski definition) is 0. The van der Waals surface area contributed by atoms with Crippen LogP contribution in [-0.2, 0) is 5.54 Å². The van der Waals surface area contributed by atoms with E-state index in [1.807, 2.05) is 6.20 Å². The highest BCUT2D eigenvalue weighted by Crippen LogP contribution is 2.51. The Balaban J connectivity index is 1.77. The lowest BCUT2D eigenvalue weighted by Gasteiger charge is -2.36. The molecule has 1 saturated carbocycles. The average Bonchev–Trinajstić information content (AvgIpc) is 3.36. The van der Waals surface area contributed by atoms with Crippen molar-refractivity contribution in [3.8, 4) is 11.4 Å². The number of imidazole rings is 1. The van der Waals surface area contributed by atoms with Crippen LogP contribution in [0.5, 0.6) is 0 Å². The van der Waals surface area contributed by atoms with Crippen LogP contribution >= 0.6 is 15.9 Å². The zero-order chi connectivity index (χ0) is 16.9. The molecule has 0 unspecified atom stereocenters. The first-order valence-corrected chi connectivity index (χ1v) is 9.98. The number of nitrogens with zero attached hydrogens (tertiary/aromatic N) is 2. The summed E-state index contributed by atoms with van der Waals surface area (Å²) in [7, 11) is 0. The monoisotopic (exact) mass is 392 g/mol. The predicted octanol–water partition coefficient (Wildman–Crippen LogP) is 6.00. The van der Waals surface area contributed by atoms with Gasteiger partial charge < -0.3 is 4.57 Å². The van der Waals surface area contributed by atoms with E-state index < -0.39 is 0 Å². The van der Waals surface area contributed by atoms with Crippen molar-refractivity contribution in [1.29, 1.82) is 0 Å². The Morgan fingerprint density at radius 1 is 1.04 bits per heavy atom. The van der Waals surface area contributed by atoms with Crippen molar-refractivity contribution in [2.45, 2.75) is 37.6 Å². The minimum atomic E-state index is -0.127. The molecule has 1 aliphatic carbocycles. The highest BCUT2D eigenvalue weighted by Gasteiger charge is 2.46. The largest absolute Gasteiger partial charge is 0.317 e. The van der Waals surface area contributed by atoms with E-state index in [0.29, 0.717) is 0 Å². The van der Waals surface area contributed by atoms with Crippen LogP contribution in [0.15, 0.2) is 65.4 Å². The van der Waals surface area contributed by atoms with Crippen LogP contribution in [0.3, 0.4) is 0 Å². The molecule has 5 rings (SSSR count). The van der Waals surface area contributed by atoms with Crippen molar-refractivity contribution in [2.75, 3.05) is 0 Å². The van der Waals surface area contributed by atoms with Crippen LogP contribution in [0.1, 0.15) is 43.2 Å². The number of aromatic nitrogens is 2. The molecule has 126 valence electrons. The molecule has 3 aromatic rings. The molecule has 2 aliphatic rings. The molecule has 0 radical (unpaired) electrons. The highest BCUT2D eigenvalue weighted by atomic mass is 79.9. The fraction of sp³-hybridized carbons (Fsp3) is 0.318. The molecule has 0 N–H and O–H groups in total. The average molecular weight is 393 g/mol. The maximum absolute atomic E-state index is 4.70. The van der Waals surface area contributed by atoms with Crippen LogP contribution in [0, 0.1) is 5.92 Å². The molecule has 2 aromatic carbocycles. The van der Waals surface area contributed by atoms with Gasteiger partial charge in [-0.1, -0.05) is 78.0 Å². The normalized spacial score (nSPS) is 22.1. The summed E-state index contributed by atoms with van der Waals surface area (Å²) in [6.07, 6.45) is 10.7. The van der Waals surface area contributed by atoms with Gasteiger partial charge in [-0.15, -0.1) is 0 Å². The topological polar surface area (TPSA) is 17.8 Å². The molecule has 1 aliphatic heterocycles. The lowest BCUT2D eigenvalue weighted by atomic mass is 9.76. The van der Waals surface area contributed by atoms with E-state index in [2.05, 4.69) is 75.2 Å². The summed E-state index contributed by atoms with van der Waals surface area (Å²) in [6, 6.07) is 17.7. The van der Waals surface area contributed by atoms with Gasteiger partial charge in [0.25, 0.3) is 0 Å². The summed E-state index contributed by atoms with van der Waals surface area (Å²) in [5.74, 6) is 1.89. The van der Waals surface area contributed by atoms with Crippen molar-refractivity contribution >= 4 is 15.9 Å². The minimum absolute atomic E-state index is 0.127. The summed E-state index contributed by atoms with van der Waals surface area (Å²) < 4.78 is 3.56. The maximum atomic E-state index is 4.70. The summed E-state index contributed by atoms with van der Waals surface area (Å²) in [4.78, 5) is 4.70. The quantitative estimate of drug-likeness (QED) is 0.534. The molecule has 1 atom stereocenters. The molecule has 0 amide bonds. The van der Waals surface area contributed by atoms with Gasteiger partial charge in [0, 0.05) is 22.4 Å². The van der Waals surface area contributed by atoms with Gasteiger partial charge in [-0.2, -0.15) is 0 Å². The zero-order valence-corrected chi connectivity index (χ0v) is 15.7. The van der Waals surface area contributed by atoms with E-state index in [4.69, 9.17) is 4.98 Å². The number of hydrogen-bond acceptors (Lipinski definition) is 1. The van der Waals surface area contributed by atoms with Gasteiger partial charge in [0.05, 0.1) is 5.54 Å². The van der Waals surface area contributed by atoms with Gasteiger partial charge in [-0.05, 0) is 35.6 Å². The standard InChI is InChI=1S/C22H21BrN2/c23-18-11-9-17(10-12-18)22(15-16-5-1-2-6-16)20-8-4-3-7-19(20)21-24-13-14-25(21)22/h3-4,7-14,16H,1-2,5-6,15H2/t22-/m1/s1. The second-order valence-electron chi connectivity index (χ2n) is 7.39. The van der Waals surface area contributed by atoms with Crippen molar-refractivity contribution in [3.05, 3.63) is 76.5 Å². The van der Waals surface area contributed by atoms with Crippen LogP contribution in [0.4, 0.5) is 0 Å². The predicted molar refractivity (Wildman–Crippen MR) is 105 cm³/mol. The molecular formula is C22H21BrN2. The molecule has 1 aromatic heterocycles. The van der Waals surface area contributed by atoms with E-state index in [1.165, 1.54) is 42.4 Å². The molecule has 0 saturated heterocycles. The maximum Gasteiger partial charge on any atom is 0.141 e. The van der Waals surface area contributed by atoms with Crippen molar-refractivity contribution in [3.63, 3.8) is 0 Å². The van der Waals surface area contributed by atoms with Gasteiger partial charge in [-0.3, -0.25) is 0 Å². The molecule has 1 fully saturated rings. The lowest BCUT2D eigenvalue weighted by molar-refractivity contribution is 0.331. The first kappa shape index (κ1) is 15.4.